The number of piperidine rings is 1. The molecule has 0 radical (unpaired) electrons. The number of nitrogens with one attached hydrogen (secondary N) is 2. The molecule has 2 heterocycles. The fourth-order valence-electron chi connectivity index (χ4n) is 5.02. The van der Waals surface area contributed by atoms with E-state index in [9.17, 15) is 9.90 Å². The van der Waals surface area contributed by atoms with Gasteiger partial charge in [-0.3, -0.25) is 4.79 Å². The van der Waals surface area contributed by atoms with Crippen molar-refractivity contribution < 1.29 is 9.90 Å². The highest BCUT2D eigenvalue weighted by atomic mass is 35.5. The van der Waals surface area contributed by atoms with E-state index >= 15 is 0 Å². The van der Waals surface area contributed by atoms with Crippen LogP contribution in [0.5, 0.6) is 5.75 Å². The molecule has 1 fully saturated rings. The molecule has 0 spiro atoms. The number of phenolic OH excluding ortho intramolecular Hbond substituents is 1. The second-order valence-corrected chi connectivity index (χ2v) is 10.2. The highest BCUT2D eigenvalue weighted by Gasteiger charge is 2.34. The molecule has 0 bridgehead atoms. The van der Waals surface area contributed by atoms with Crippen LogP contribution in [0.25, 0.3) is 0 Å². The van der Waals surface area contributed by atoms with Gasteiger partial charge in [-0.2, -0.15) is 0 Å². The molecule has 1 amide bonds. The van der Waals surface area contributed by atoms with Gasteiger partial charge in [-0.15, -0.1) is 24.8 Å². The average molecular weight is 509 g/mol. The average Bonchev–Trinajstić information content (AvgIpc) is 2.79. The van der Waals surface area contributed by atoms with Gasteiger partial charge < -0.3 is 20.6 Å². The number of carbonyl (C=O) groups excluding carboxylic acids is 1. The number of fused-ring (bicyclic) bond motifs is 1. The van der Waals surface area contributed by atoms with Crippen LogP contribution in [0.1, 0.15) is 50.3 Å². The second kappa shape index (κ2) is 12.3. The Morgan fingerprint density at radius 3 is 2.44 bits per heavy atom. The summed E-state index contributed by atoms with van der Waals surface area (Å²) in [4.78, 5) is 15.6. The molecule has 2 aliphatic rings. The Labute approximate surface area is 216 Å². The van der Waals surface area contributed by atoms with Gasteiger partial charge in [0.05, 0.1) is 6.04 Å². The van der Waals surface area contributed by atoms with Gasteiger partial charge in [0.15, 0.2) is 0 Å². The van der Waals surface area contributed by atoms with Crippen molar-refractivity contribution in [1.29, 1.82) is 0 Å². The third kappa shape index (κ3) is 6.66. The Balaban J connectivity index is 0.00000204. The minimum Gasteiger partial charge on any atom is -0.508 e. The number of halogens is 2. The minimum absolute atomic E-state index is 0. The van der Waals surface area contributed by atoms with E-state index in [0.717, 1.165) is 45.4 Å². The Kier molecular flexibility index (Phi) is 10.3. The SMILES string of the molecule is CC(C)[C@@H](CN1CCC(C)(c2cccc(O)c2)CC1)NC(=O)C1Cc2ccccc2CN1.Cl.Cl. The maximum atomic E-state index is 13.1. The van der Waals surface area contributed by atoms with Gasteiger partial charge in [0, 0.05) is 19.1 Å². The molecule has 5 nitrogen and oxygen atoms in total. The number of aromatic hydroxyl groups is 1. The Bertz CT molecular complexity index is 945. The van der Waals surface area contributed by atoms with Crippen molar-refractivity contribution >= 4 is 30.7 Å². The number of phenols is 1. The third-order valence-electron chi connectivity index (χ3n) is 7.49. The molecule has 2 atom stereocenters. The fourth-order valence-corrected chi connectivity index (χ4v) is 5.02. The number of hydrogen-bond acceptors (Lipinski definition) is 4. The number of nitrogens with zero attached hydrogens (tertiary/aromatic N) is 1. The van der Waals surface area contributed by atoms with Crippen LogP contribution < -0.4 is 10.6 Å². The fraction of sp³-hybridized carbons (Fsp3) is 0.519. The quantitative estimate of drug-likeness (QED) is 0.540. The summed E-state index contributed by atoms with van der Waals surface area (Å²) in [5, 5.41) is 16.6. The predicted octanol–water partition coefficient (Wildman–Crippen LogP) is 4.44. The summed E-state index contributed by atoms with van der Waals surface area (Å²) in [7, 11) is 0. The van der Waals surface area contributed by atoms with Gasteiger partial charge in [-0.05, 0) is 72.5 Å². The van der Waals surface area contributed by atoms with E-state index in [2.05, 4.69) is 66.6 Å². The van der Waals surface area contributed by atoms with Crippen molar-refractivity contribution in [3.05, 3.63) is 65.2 Å². The van der Waals surface area contributed by atoms with Crippen molar-refractivity contribution in [2.24, 2.45) is 5.92 Å². The highest BCUT2D eigenvalue weighted by Crippen LogP contribution is 2.36. The molecule has 4 rings (SSSR count). The monoisotopic (exact) mass is 507 g/mol. The number of amides is 1. The van der Waals surface area contributed by atoms with Gasteiger partial charge in [0.2, 0.25) is 5.91 Å². The van der Waals surface area contributed by atoms with Crippen LogP contribution in [0.15, 0.2) is 48.5 Å². The first-order valence-corrected chi connectivity index (χ1v) is 12.0. The summed E-state index contributed by atoms with van der Waals surface area (Å²) >= 11 is 0. The summed E-state index contributed by atoms with van der Waals surface area (Å²) < 4.78 is 0. The number of benzene rings is 2. The van der Waals surface area contributed by atoms with Gasteiger partial charge >= 0.3 is 0 Å². The Morgan fingerprint density at radius 2 is 1.79 bits per heavy atom. The first kappa shape index (κ1) is 28.4. The van der Waals surface area contributed by atoms with Crippen LogP contribution in [-0.4, -0.2) is 47.6 Å². The van der Waals surface area contributed by atoms with Crippen LogP contribution in [0.2, 0.25) is 0 Å². The zero-order valence-electron chi connectivity index (χ0n) is 20.4. The molecule has 188 valence electrons. The molecule has 2 aromatic rings. The van der Waals surface area contributed by atoms with Crippen LogP contribution in [0.3, 0.4) is 0 Å². The van der Waals surface area contributed by atoms with Crippen molar-refractivity contribution in [3.8, 4) is 5.75 Å². The van der Waals surface area contributed by atoms with Crippen molar-refractivity contribution in [3.63, 3.8) is 0 Å². The van der Waals surface area contributed by atoms with Gasteiger partial charge in [0.25, 0.3) is 0 Å². The topological polar surface area (TPSA) is 64.6 Å². The van der Waals surface area contributed by atoms with Gasteiger partial charge in [-0.25, -0.2) is 0 Å². The van der Waals surface area contributed by atoms with Crippen molar-refractivity contribution in [1.82, 2.24) is 15.5 Å². The van der Waals surface area contributed by atoms with E-state index in [0.29, 0.717) is 11.7 Å². The van der Waals surface area contributed by atoms with Gasteiger partial charge in [-0.1, -0.05) is 57.2 Å². The normalized spacial score (nSPS) is 20.4. The first-order chi connectivity index (χ1) is 15.3. The second-order valence-electron chi connectivity index (χ2n) is 10.2. The minimum atomic E-state index is -0.165. The molecular formula is C27H39Cl2N3O2. The van der Waals surface area contributed by atoms with E-state index in [1.165, 1.54) is 16.7 Å². The summed E-state index contributed by atoms with van der Waals surface area (Å²) in [6, 6.07) is 16.0. The maximum Gasteiger partial charge on any atom is 0.237 e. The zero-order chi connectivity index (χ0) is 22.7. The molecule has 0 saturated carbocycles. The standard InChI is InChI=1S/C27H37N3O2.2ClH/c1-19(2)25(29-26(32)24-15-20-7-4-5-8-21(20)17-28-24)18-30-13-11-27(3,12-14-30)22-9-6-10-23(31)16-22;;/h4-10,16,19,24-25,28,31H,11-15,17-18H2,1-3H3,(H,29,32);2*1H/t24?,25-;;/m1../s1. The summed E-state index contributed by atoms with van der Waals surface area (Å²) in [5.74, 6) is 0.821. The molecule has 2 aromatic carbocycles. The van der Waals surface area contributed by atoms with E-state index in [1.807, 2.05) is 12.1 Å². The van der Waals surface area contributed by atoms with Crippen LogP contribution in [0, 0.1) is 5.92 Å². The Morgan fingerprint density at radius 1 is 1.12 bits per heavy atom. The lowest BCUT2D eigenvalue weighted by Crippen LogP contribution is -2.55. The summed E-state index contributed by atoms with van der Waals surface area (Å²) in [5.41, 5.74) is 3.87. The number of rotatable bonds is 6. The van der Waals surface area contributed by atoms with Crippen LogP contribution in [0.4, 0.5) is 0 Å². The van der Waals surface area contributed by atoms with Crippen molar-refractivity contribution in [2.45, 2.75) is 64.1 Å². The first-order valence-electron chi connectivity index (χ1n) is 12.0. The molecular weight excluding hydrogens is 469 g/mol. The summed E-state index contributed by atoms with van der Waals surface area (Å²) in [6.45, 7) is 10.3. The maximum absolute atomic E-state index is 13.1. The van der Waals surface area contributed by atoms with E-state index in [-0.39, 0.29) is 48.2 Å². The van der Waals surface area contributed by atoms with E-state index in [4.69, 9.17) is 0 Å². The van der Waals surface area contributed by atoms with Crippen LogP contribution >= 0.6 is 24.8 Å². The predicted molar refractivity (Wildman–Crippen MR) is 143 cm³/mol. The molecule has 3 N–H and O–H groups in total. The highest BCUT2D eigenvalue weighted by molar-refractivity contribution is 5.85. The zero-order valence-corrected chi connectivity index (χ0v) is 22.1. The van der Waals surface area contributed by atoms with Crippen LogP contribution in [-0.2, 0) is 23.2 Å². The van der Waals surface area contributed by atoms with E-state index < -0.39 is 0 Å². The Hall–Kier alpha value is -1.79. The lowest BCUT2D eigenvalue weighted by molar-refractivity contribution is -0.124. The smallest absolute Gasteiger partial charge is 0.237 e. The molecule has 0 aliphatic carbocycles. The molecule has 0 aromatic heterocycles. The number of likely N-dealkylation sites (tertiary alicyclic amines) is 1. The largest absolute Gasteiger partial charge is 0.508 e. The summed E-state index contributed by atoms with van der Waals surface area (Å²) in [6.07, 6.45) is 2.85. The molecule has 34 heavy (non-hydrogen) atoms. The number of hydrogen-bond donors (Lipinski definition) is 3. The number of carbonyl (C=O) groups is 1. The van der Waals surface area contributed by atoms with Gasteiger partial charge in [0.1, 0.15) is 5.75 Å². The molecule has 2 aliphatic heterocycles. The third-order valence-corrected chi connectivity index (χ3v) is 7.49. The van der Waals surface area contributed by atoms with E-state index in [1.54, 1.807) is 6.07 Å². The van der Waals surface area contributed by atoms with Crippen molar-refractivity contribution in [2.75, 3.05) is 19.6 Å². The molecule has 1 saturated heterocycles. The molecule has 7 heteroatoms. The molecule has 1 unspecified atom stereocenters. The lowest BCUT2D eigenvalue weighted by Gasteiger charge is -2.41. The lowest BCUT2D eigenvalue weighted by atomic mass is 9.74.